The van der Waals surface area contributed by atoms with Gasteiger partial charge in [-0.2, -0.15) is 0 Å². The summed E-state index contributed by atoms with van der Waals surface area (Å²) in [6.45, 7) is 4.32. The van der Waals surface area contributed by atoms with Crippen LogP contribution in [0.1, 0.15) is 25.0 Å². The van der Waals surface area contributed by atoms with Gasteiger partial charge in [0.2, 0.25) is 5.91 Å². The Bertz CT molecular complexity index is 607. The standard InChI is InChI=1S/C13H16ClN3O2/c1-3-19-10-6-4-5-9-12(10)16-13(8(2)14)17(9)7-11(15)18/h4-6,8H,3,7H2,1-2H3,(H2,15,18). The third-order valence-electron chi connectivity index (χ3n) is 2.74. The molecule has 0 aliphatic rings. The summed E-state index contributed by atoms with van der Waals surface area (Å²) in [4.78, 5) is 15.7. The first-order valence-corrected chi connectivity index (χ1v) is 6.52. The highest BCUT2D eigenvalue weighted by Gasteiger charge is 2.18. The number of rotatable bonds is 5. The van der Waals surface area contributed by atoms with E-state index in [0.29, 0.717) is 23.7 Å². The van der Waals surface area contributed by atoms with Crippen LogP contribution in [0.3, 0.4) is 0 Å². The number of halogens is 1. The molecule has 0 radical (unpaired) electrons. The van der Waals surface area contributed by atoms with Gasteiger partial charge in [0.25, 0.3) is 0 Å². The molecule has 2 rings (SSSR count). The first-order chi connectivity index (χ1) is 9.04. The number of nitrogens with two attached hydrogens (primary N) is 1. The summed E-state index contributed by atoms with van der Waals surface area (Å²) < 4.78 is 7.27. The molecule has 1 aromatic heterocycles. The van der Waals surface area contributed by atoms with Crippen LogP contribution in [0.4, 0.5) is 0 Å². The molecule has 0 bridgehead atoms. The lowest BCUT2D eigenvalue weighted by Crippen LogP contribution is -2.20. The molecule has 1 atom stereocenters. The average Bonchev–Trinajstić information content (AvgIpc) is 2.69. The van der Waals surface area contributed by atoms with Crippen molar-refractivity contribution >= 4 is 28.5 Å². The number of carbonyl (C=O) groups is 1. The summed E-state index contributed by atoms with van der Waals surface area (Å²) in [6.07, 6.45) is 0. The van der Waals surface area contributed by atoms with E-state index < -0.39 is 5.91 Å². The minimum absolute atomic E-state index is 0.0540. The van der Waals surface area contributed by atoms with E-state index >= 15 is 0 Å². The van der Waals surface area contributed by atoms with Gasteiger partial charge in [-0.15, -0.1) is 11.6 Å². The molecule has 0 fully saturated rings. The number of carbonyl (C=O) groups excluding carboxylic acids is 1. The van der Waals surface area contributed by atoms with Gasteiger partial charge >= 0.3 is 0 Å². The molecule has 19 heavy (non-hydrogen) atoms. The number of imidazole rings is 1. The number of benzene rings is 1. The maximum Gasteiger partial charge on any atom is 0.237 e. The van der Waals surface area contributed by atoms with E-state index in [1.807, 2.05) is 25.1 Å². The van der Waals surface area contributed by atoms with Gasteiger partial charge in [-0.05, 0) is 26.0 Å². The number of hydrogen-bond acceptors (Lipinski definition) is 3. The molecule has 0 saturated heterocycles. The maximum atomic E-state index is 11.2. The second-order valence-electron chi connectivity index (χ2n) is 4.20. The number of aromatic nitrogens is 2. The van der Waals surface area contributed by atoms with Crippen LogP contribution < -0.4 is 10.5 Å². The van der Waals surface area contributed by atoms with Crippen LogP contribution in [0.5, 0.6) is 5.75 Å². The van der Waals surface area contributed by atoms with Crippen molar-refractivity contribution in [3.63, 3.8) is 0 Å². The summed E-state index contributed by atoms with van der Waals surface area (Å²) in [5, 5.41) is -0.318. The molecule has 6 heteroatoms. The predicted molar refractivity (Wildman–Crippen MR) is 74.4 cm³/mol. The van der Waals surface area contributed by atoms with E-state index in [9.17, 15) is 4.79 Å². The van der Waals surface area contributed by atoms with Crippen molar-refractivity contribution in [3.8, 4) is 5.75 Å². The van der Waals surface area contributed by atoms with E-state index in [4.69, 9.17) is 22.1 Å². The van der Waals surface area contributed by atoms with Gasteiger partial charge in [0.1, 0.15) is 23.6 Å². The number of alkyl halides is 1. The molecular formula is C13H16ClN3O2. The molecule has 1 aromatic carbocycles. The summed E-state index contributed by atoms with van der Waals surface area (Å²) in [5.74, 6) is 0.865. The molecule has 0 aliphatic carbocycles. The molecule has 2 aromatic rings. The van der Waals surface area contributed by atoms with Crippen LogP contribution in [0.25, 0.3) is 11.0 Å². The minimum Gasteiger partial charge on any atom is -0.492 e. The molecule has 0 saturated carbocycles. The topological polar surface area (TPSA) is 70.1 Å². The van der Waals surface area contributed by atoms with Gasteiger partial charge in [0, 0.05) is 0 Å². The highest BCUT2D eigenvalue weighted by molar-refractivity contribution is 6.20. The maximum absolute atomic E-state index is 11.2. The first-order valence-electron chi connectivity index (χ1n) is 6.09. The Morgan fingerprint density at radius 3 is 2.89 bits per heavy atom. The Labute approximate surface area is 116 Å². The number of hydrogen-bond donors (Lipinski definition) is 1. The third-order valence-corrected chi connectivity index (χ3v) is 2.94. The normalized spacial score (nSPS) is 12.6. The van der Waals surface area contributed by atoms with Crippen molar-refractivity contribution in [2.75, 3.05) is 6.61 Å². The Kier molecular flexibility index (Phi) is 3.95. The molecule has 1 heterocycles. The van der Waals surface area contributed by atoms with Crippen LogP contribution >= 0.6 is 11.6 Å². The summed E-state index contributed by atoms with van der Waals surface area (Å²) in [7, 11) is 0. The smallest absolute Gasteiger partial charge is 0.237 e. The first kappa shape index (κ1) is 13.7. The van der Waals surface area contributed by atoms with Crippen LogP contribution in [0, 0.1) is 0 Å². The Morgan fingerprint density at radius 2 is 2.32 bits per heavy atom. The van der Waals surface area contributed by atoms with Crippen LogP contribution in [0.15, 0.2) is 18.2 Å². The Hall–Kier alpha value is -1.75. The fourth-order valence-corrected chi connectivity index (χ4v) is 2.20. The van der Waals surface area contributed by atoms with Gasteiger partial charge < -0.3 is 15.0 Å². The van der Waals surface area contributed by atoms with Gasteiger partial charge in [0.05, 0.1) is 17.5 Å². The van der Waals surface area contributed by atoms with Crippen molar-refractivity contribution in [2.45, 2.75) is 25.8 Å². The van der Waals surface area contributed by atoms with Gasteiger partial charge in [-0.3, -0.25) is 4.79 Å². The van der Waals surface area contributed by atoms with Crippen molar-refractivity contribution in [3.05, 3.63) is 24.0 Å². The van der Waals surface area contributed by atoms with Crippen molar-refractivity contribution in [1.29, 1.82) is 0 Å². The molecule has 0 aliphatic heterocycles. The SMILES string of the molecule is CCOc1cccc2c1nc(C(C)Cl)n2CC(N)=O. The van der Waals surface area contributed by atoms with Crippen LogP contribution in [-0.2, 0) is 11.3 Å². The highest BCUT2D eigenvalue weighted by atomic mass is 35.5. The minimum atomic E-state index is -0.431. The fourth-order valence-electron chi connectivity index (χ4n) is 2.04. The summed E-state index contributed by atoms with van der Waals surface area (Å²) in [6, 6.07) is 5.57. The molecule has 102 valence electrons. The second-order valence-corrected chi connectivity index (χ2v) is 4.85. The van der Waals surface area contributed by atoms with Crippen molar-refractivity contribution in [2.24, 2.45) is 5.73 Å². The van der Waals surface area contributed by atoms with E-state index in [-0.39, 0.29) is 11.9 Å². The fraction of sp³-hybridized carbons (Fsp3) is 0.385. The molecule has 5 nitrogen and oxygen atoms in total. The lowest BCUT2D eigenvalue weighted by Gasteiger charge is -2.08. The number of nitrogens with zero attached hydrogens (tertiary/aromatic N) is 2. The molecular weight excluding hydrogens is 266 g/mol. The van der Waals surface area contributed by atoms with Gasteiger partial charge in [0.15, 0.2) is 0 Å². The monoisotopic (exact) mass is 281 g/mol. The summed E-state index contributed by atoms with van der Waals surface area (Å²) in [5.41, 5.74) is 6.78. The summed E-state index contributed by atoms with van der Waals surface area (Å²) >= 11 is 6.12. The zero-order valence-corrected chi connectivity index (χ0v) is 11.6. The Balaban J connectivity index is 2.65. The quantitative estimate of drug-likeness (QED) is 0.854. The van der Waals surface area contributed by atoms with E-state index in [0.717, 1.165) is 5.52 Å². The lowest BCUT2D eigenvalue weighted by molar-refractivity contribution is -0.118. The van der Waals surface area contributed by atoms with Gasteiger partial charge in [-0.1, -0.05) is 6.07 Å². The average molecular weight is 282 g/mol. The predicted octanol–water partition coefficient (Wildman–Crippen LogP) is 2.22. The molecule has 2 N–H and O–H groups in total. The zero-order valence-electron chi connectivity index (χ0n) is 10.9. The van der Waals surface area contributed by atoms with E-state index in [1.54, 1.807) is 11.5 Å². The second kappa shape index (κ2) is 5.48. The van der Waals surface area contributed by atoms with Crippen LogP contribution in [-0.4, -0.2) is 22.1 Å². The number of amides is 1. The van der Waals surface area contributed by atoms with E-state index in [1.165, 1.54) is 0 Å². The molecule has 1 unspecified atom stereocenters. The van der Waals surface area contributed by atoms with Gasteiger partial charge in [-0.25, -0.2) is 4.98 Å². The number of fused-ring (bicyclic) bond motifs is 1. The Morgan fingerprint density at radius 1 is 1.58 bits per heavy atom. The molecule has 0 spiro atoms. The lowest BCUT2D eigenvalue weighted by atomic mass is 10.3. The third kappa shape index (κ3) is 2.66. The highest BCUT2D eigenvalue weighted by Crippen LogP contribution is 2.30. The number of para-hydroxylation sites is 1. The van der Waals surface area contributed by atoms with Crippen LogP contribution in [0.2, 0.25) is 0 Å². The number of primary amides is 1. The van der Waals surface area contributed by atoms with Crippen molar-refractivity contribution in [1.82, 2.24) is 9.55 Å². The zero-order chi connectivity index (χ0) is 14.0. The van der Waals surface area contributed by atoms with E-state index in [2.05, 4.69) is 4.98 Å². The largest absolute Gasteiger partial charge is 0.492 e. The molecule has 1 amide bonds. The number of ether oxygens (including phenoxy) is 1. The van der Waals surface area contributed by atoms with Crippen molar-refractivity contribution < 1.29 is 9.53 Å².